The van der Waals surface area contributed by atoms with Gasteiger partial charge in [0.15, 0.2) is 6.61 Å². The summed E-state index contributed by atoms with van der Waals surface area (Å²) in [4.78, 5) is 16.3. The molecule has 0 radical (unpaired) electrons. The minimum Gasteiger partial charge on any atom is -0.493 e. The molecule has 6 heteroatoms. The summed E-state index contributed by atoms with van der Waals surface area (Å²) < 4.78 is 22.4. The van der Waals surface area contributed by atoms with Gasteiger partial charge in [0, 0.05) is 12.0 Å². The normalized spacial score (nSPS) is 10.9. The molecule has 0 spiro atoms. The monoisotopic (exact) mass is 437 g/mol. The van der Waals surface area contributed by atoms with Crippen molar-refractivity contribution in [2.45, 2.75) is 40.5 Å². The van der Waals surface area contributed by atoms with E-state index in [-0.39, 0.29) is 12.6 Å². The van der Waals surface area contributed by atoms with E-state index in [4.69, 9.17) is 18.6 Å². The molecule has 1 heterocycles. The van der Waals surface area contributed by atoms with Gasteiger partial charge in [0.1, 0.15) is 17.3 Å². The van der Waals surface area contributed by atoms with E-state index in [1.54, 1.807) is 6.92 Å². The fraction of sp³-hybridized carbons (Fsp3) is 0.385. The Balaban J connectivity index is 1.62. The van der Waals surface area contributed by atoms with Crippen LogP contribution < -0.4 is 9.47 Å². The number of oxazole rings is 1. The van der Waals surface area contributed by atoms with Crippen molar-refractivity contribution < 1.29 is 23.4 Å². The summed E-state index contributed by atoms with van der Waals surface area (Å²) in [5.74, 6) is 2.93. The summed E-state index contributed by atoms with van der Waals surface area (Å²) in [7, 11) is 0. The van der Waals surface area contributed by atoms with Crippen molar-refractivity contribution in [3.63, 3.8) is 0 Å². The maximum Gasteiger partial charge on any atom is 0.344 e. The molecule has 2 aromatic carbocycles. The Labute approximate surface area is 189 Å². The van der Waals surface area contributed by atoms with Crippen LogP contribution in [0.4, 0.5) is 0 Å². The number of ether oxygens (including phenoxy) is 3. The summed E-state index contributed by atoms with van der Waals surface area (Å²) in [5, 5.41) is 0. The van der Waals surface area contributed by atoms with E-state index in [2.05, 4.69) is 18.8 Å². The first kappa shape index (κ1) is 23.4. The Morgan fingerprint density at radius 1 is 1.09 bits per heavy atom. The highest BCUT2D eigenvalue weighted by Gasteiger charge is 2.13. The van der Waals surface area contributed by atoms with Gasteiger partial charge in [0.05, 0.1) is 18.9 Å². The third kappa shape index (κ3) is 6.61. The van der Waals surface area contributed by atoms with Crippen LogP contribution in [0.15, 0.2) is 52.9 Å². The molecule has 0 unspecified atom stereocenters. The Bertz CT molecular complexity index is 1010. The van der Waals surface area contributed by atoms with Crippen LogP contribution in [-0.2, 0) is 22.4 Å². The Kier molecular flexibility index (Phi) is 8.31. The minimum absolute atomic E-state index is 0.103. The quantitative estimate of drug-likeness (QED) is 0.374. The van der Waals surface area contributed by atoms with Gasteiger partial charge in [0.2, 0.25) is 5.89 Å². The Hall–Kier alpha value is -3.28. The maximum absolute atomic E-state index is 11.6. The highest BCUT2D eigenvalue weighted by atomic mass is 16.6. The van der Waals surface area contributed by atoms with Gasteiger partial charge in [-0.15, -0.1) is 0 Å². The number of aryl methyl sites for hydroxylation is 1. The van der Waals surface area contributed by atoms with Gasteiger partial charge >= 0.3 is 5.97 Å². The number of aromatic nitrogens is 1. The number of carbonyl (C=O) groups is 1. The first-order valence-corrected chi connectivity index (χ1v) is 11.0. The SMILES string of the molecule is CCOC(=O)COc1ccc(OCCc2nc(-c3ccccc3)oc2C)cc1CC(C)C. The first-order chi connectivity index (χ1) is 15.5. The number of hydrogen-bond donors (Lipinski definition) is 0. The van der Waals surface area contributed by atoms with E-state index in [9.17, 15) is 4.79 Å². The number of nitrogens with zero attached hydrogens (tertiary/aromatic N) is 1. The van der Waals surface area contributed by atoms with Crippen molar-refractivity contribution >= 4 is 5.97 Å². The zero-order valence-electron chi connectivity index (χ0n) is 19.2. The van der Waals surface area contributed by atoms with E-state index in [0.717, 1.165) is 34.8 Å². The lowest BCUT2D eigenvalue weighted by atomic mass is 10.0. The van der Waals surface area contributed by atoms with Crippen LogP contribution in [0.1, 0.15) is 37.8 Å². The summed E-state index contributed by atoms with van der Waals surface area (Å²) in [6.07, 6.45) is 1.46. The molecule has 32 heavy (non-hydrogen) atoms. The van der Waals surface area contributed by atoms with Crippen LogP contribution in [0.5, 0.6) is 11.5 Å². The Morgan fingerprint density at radius 3 is 2.59 bits per heavy atom. The largest absolute Gasteiger partial charge is 0.493 e. The summed E-state index contributed by atoms with van der Waals surface area (Å²) in [6, 6.07) is 15.5. The molecule has 0 fully saturated rings. The van der Waals surface area contributed by atoms with Gasteiger partial charge in [-0.3, -0.25) is 0 Å². The number of rotatable bonds is 11. The summed E-state index contributed by atoms with van der Waals surface area (Å²) >= 11 is 0. The highest BCUT2D eigenvalue weighted by molar-refractivity contribution is 5.71. The number of carbonyl (C=O) groups excluding carboxylic acids is 1. The van der Waals surface area contributed by atoms with Gasteiger partial charge in [-0.25, -0.2) is 9.78 Å². The summed E-state index contributed by atoms with van der Waals surface area (Å²) in [6.45, 7) is 8.69. The predicted octanol–water partition coefficient (Wildman–Crippen LogP) is 5.41. The summed E-state index contributed by atoms with van der Waals surface area (Å²) in [5.41, 5.74) is 2.85. The molecular weight excluding hydrogens is 406 g/mol. The molecule has 0 saturated heterocycles. The molecule has 0 saturated carbocycles. The fourth-order valence-electron chi connectivity index (χ4n) is 3.35. The van der Waals surface area contributed by atoms with Crippen LogP contribution in [0.3, 0.4) is 0 Å². The molecule has 0 bridgehead atoms. The van der Waals surface area contributed by atoms with E-state index < -0.39 is 0 Å². The zero-order chi connectivity index (χ0) is 22.9. The van der Waals surface area contributed by atoms with Gasteiger partial charge in [-0.05, 0) is 62.1 Å². The molecule has 0 aliphatic rings. The van der Waals surface area contributed by atoms with E-state index in [1.807, 2.05) is 55.5 Å². The minimum atomic E-state index is -0.374. The standard InChI is InChI=1S/C26H31NO5/c1-5-29-25(28)17-31-24-12-11-22(16-21(24)15-18(2)3)30-14-13-23-19(4)32-26(27-23)20-9-7-6-8-10-20/h6-12,16,18H,5,13-15,17H2,1-4H3. The molecule has 0 N–H and O–H groups in total. The van der Waals surface area contributed by atoms with Gasteiger partial charge in [-0.2, -0.15) is 0 Å². The molecule has 0 aliphatic carbocycles. The topological polar surface area (TPSA) is 70.8 Å². The lowest BCUT2D eigenvalue weighted by Gasteiger charge is -2.15. The van der Waals surface area contributed by atoms with Crippen LogP contribution in [0.25, 0.3) is 11.5 Å². The number of hydrogen-bond acceptors (Lipinski definition) is 6. The van der Waals surface area contributed by atoms with Crippen LogP contribution >= 0.6 is 0 Å². The van der Waals surface area contributed by atoms with Crippen molar-refractivity contribution in [3.05, 3.63) is 65.5 Å². The van der Waals surface area contributed by atoms with E-state index >= 15 is 0 Å². The fourth-order valence-corrected chi connectivity index (χ4v) is 3.35. The van der Waals surface area contributed by atoms with Crippen molar-refractivity contribution in [3.8, 4) is 23.0 Å². The molecule has 3 aromatic rings. The van der Waals surface area contributed by atoms with Crippen LogP contribution in [0.2, 0.25) is 0 Å². The second kappa shape index (κ2) is 11.4. The average Bonchev–Trinajstić information content (AvgIpc) is 3.14. The van der Waals surface area contributed by atoms with Gasteiger partial charge in [0.25, 0.3) is 0 Å². The zero-order valence-corrected chi connectivity index (χ0v) is 19.2. The lowest BCUT2D eigenvalue weighted by Crippen LogP contribution is -2.15. The Morgan fingerprint density at radius 2 is 1.88 bits per heavy atom. The third-order valence-electron chi connectivity index (χ3n) is 4.83. The molecule has 3 rings (SSSR count). The molecule has 0 amide bonds. The predicted molar refractivity (Wildman–Crippen MR) is 123 cm³/mol. The second-order valence-electron chi connectivity index (χ2n) is 7.95. The third-order valence-corrected chi connectivity index (χ3v) is 4.83. The number of esters is 1. The maximum atomic E-state index is 11.6. The lowest BCUT2D eigenvalue weighted by molar-refractivity contribution is -0.145. The molecule has 1 aromatic heterocycles. The average molecular weight is 438 g/mol. The molecule has 170 valence electrons. The first-order valence-electron chi connectivity index (χ1n) is 11.0. The molecular formula is C26H31NO5. The molecule has 0 aliphatic heterocycles. The smallest absolute Gasteiger partial charge is 0.344 e. The number of benzene rings is 2. The second-order valence-corrected chi connectivity index (χ2v) is 7.95. The van der Waals surface area contributed by atoms with Crippen LogP contribution in [-0.4, -0.2) is 30.8 Å². The van der Waals surface area contributed by atoms with Crippen LogP contribution in [0, 0.1) is 12.8 Å². The highest BCUT2D eigenvalue weighted by Crippen LogP contribution is 2.27. The van der Waals surface area contributed by atoms with Crippen molar-refractivity contribution in [2.75, 3.05) is 19.8 Å². The molecule has 0 atom stereocenters. The van der Waals surface area contributed by atoms with Gasteiger partial charge < -0.3 is 18.6 Å². The van der Waals surface area contributed by atoms with Crippen molar-refractivity contribution in [1.29, 1.82) is 0 Å². The van der Waals surface area contributed by atoms with Gasteiger partial charge in [-0.1, -0.05) is 32.0 Å². The van der Waals surface area contributed by atoms with Crippen molar-refractivity contribution in [1.82, 2.24) is 4.98 Å². The molecule has 6 nitrogen and oxygen atoms in total. The van der Waals surface area contributed by atoms with E-state index in [0.29, 0.717) is 37.2 Å². The van der Waals surface area contributed by atoms with Crippen molar-refractivity contribution in [2.24, 2.45) is 5.92 Å². The van der Waals surface area contributed by atoms with E-state index in [1.165, 1.54) is 0 Å².